The summed E-state index contributed by atoms with van der Waals surface area (Å²) in [5.74, 6) is 0.282. The van der Waals surface area contributed by atoms with E-state index in [0.717, 1.165) is 25.3 Å². The van der Waals surface area contributed by atoms with E-state index in [-0.39, 0.29) is 5.91 Å². The van der Waals surface area contributed by atoms with Crippen LogP contribution in [0.5, 0.6) is 0 Å². The summed E-state index contributed by atoms with van der Waals surface area (Å²) in [6.45, 7) is 3.15. The zero-order chi connectivity index (χ0) is 14.2. The van der Waals surface area contributed by atoms with Crippen LogP contribution in [0.2, 0.25) is 0 Å². The number of aromatic amines is 1. The molecule has 2 aromatic heterocycles. The van der Waals surface area contributed by atoms with Gasteiger partial charge in [0.1, 0.15) is 0 Å². The molecule has 0 radical (unpaired) electrons. The van der Waals surface area contributed by atoms with Crippen molar-refractivity contribution in [1.82, 2.24) is 20.0 Å². The molecule has 2 aliphatic rings. The number of hydrogen-bond donors (Lipinski definition) is 1. The normalized spacial score (nSPS) is 20.2. The summed E-state index contributed by atoms with van der Waals surface area (Å²) in [5, 5.41) is 9.33. The molecule has 5 nitrogen and oxygen atoms in total. The quantitative estimate of drug-likeness (QED) is 0.939. The minimum atomic E-state index is 0.282. The lowest BCUT2D eigenvalue weighted by Gasteiger charge is -2.34. The van der Waals surface area contributed by atoms with Crippen molar-refractivity contribution in [3.05, 3.63) is 29.3 Å². The number of piperazine rings is 1. The maximum absolute atomic E-state index is 12.2. The molecule has 0 spiro atoms. The van der Waals surface area contributed by atoms with Gasteiger partial charge < -0.3 is 4.90 Å². The van der Waals surface area contributed by atoms with E-state index in [1.807, 2.05) is 12.3 Å². The van der Waals surface area contributed by atoms with Gasteiger partial charge in [0.25, 0.3) is 0 Å². The van der Waals surface area contributed by atoms with Gasteiger partial charge in [-0.05, 0) is 24.3 Å². The van der Waals surface area contributed by atoms with E-state index in [1.165, 1.54) is 23.3 Å². The van der Waals surface area contributed by atoms with Crippen molar-refractivity contribution in [2.45, 2.75) is 25.4 Å². The maximum Gasteiger partial charge on any atom is 0.237 e. The number of carbonyl (C=O) groups excluding carboxylic acids is 1. The van der Waals surface area contributed by atoms with Gasteiger partial charge in [-0.2, -0.15) is 5.10 Å². The third-order valence-corrected chi connectivity index (χ3v) is 5.09. The first-order chi connectivity index (χ1) is 10.3. The van der Waals surface area contributed by atoms with Crippen molar-refractivity contribution < 1.29 is 4.79 Å². The lowest BCUT2D eigenvalue weighted by molar-refractivity contribution is -0.136. The van der Waals surface area contributed by atoms with Gasteiger partial charge in [0.2, 0.25) is 5.91 Å². The smallest absolute Gasteiger partial charge is 0.237 e. The van der Waals surface area contributed by atoms with Crippen LogP contribution in [-0.2, 0) is 11.3 Å². The minimum Gasteiger partial charge on any atom is -0.337 e. The van der Waals surface area contributed by atoms with Crippen molar-refractivity contribution in [3.8, 4) is 10.6 Å². The van der Waals surface area contributed by atoms with Gasteiger partial charge in [-0.15, -0.1) is 11.3 Å². The number of aromatic nitrogens is 2. The summed E-state index contributed by atoms with van der Waals surface area (Å²) >= 11 is 1.71. The van der Waals surface area contributed by atoms with Crippen LogP contribution < -0.4 is 0 Å². The molecule has 1 aliphatic carbocycles. The maximum atomic E-state index is 12.2. The summed E-state index contributed by atoms with van der Waals surface area (Å²) < 4.78 is 0. The minimum absolute atomic E-state index is 0.282. The first-order valence-corrected chi connectivity index (χ1v) is 8.27. The molecule has 3 heterocycles. The predicted molar refractivity (Wildman–Crippen MR) is 81.9 cm³/mol. The van der Waals surface area contributed by atoms with E-state index in [9.17, 15) is 4.79 Å². The fraction of sp³-hybridized carbons (Fsp3) is 0.467. The molecule has 1 saturated heterocycles. The number of thiophene rings is 1. The molecule has 0 unspecified atom stereocenters. The molecule has 6 heteroatoms. The van der Waals surface area contributed by atoms with Crippen LogP contribution >= 0.6 is 11.3 Å². The number of nitrogens with one attached hydrogen (secondary N) is 1. The van der Waals surface area contributed by atoms with Gasteiger partial charge >= 0.3 is 0 Å². The van der Waals surface area contributed by atoms with Gasteiger partial charge in [0.05, 0.1) is 23.3 Å². The Balaban J connectivity index is 1.45. The third kappa shape index (κ3) is 2.61. The Morgan fingerprint density at radius 1 is 1.38 bits per heavy atom. The average Bonchev–Trinajstić information content (AvgIpc) is 2.99. The lowest BCUT2D eigenvalue weighted by Crippen LogP contribution is -2.50. The highest BCUT2D eigenvalue weighted by Crippen LogP contribution is 2.29. The molecule has 0 atom stereocenters. The second kappa shape index (κ2) is 5.27. The molecule has 2 fully saturated rings. The Morgan fingerprint density at radius 2 is 2.29 bits per heavy atom. The molecule has 4 rings (SSSR count). The van der Waals surface area contributed by atoms with Gasteiger partial charge in [-0.25, -0.2) is 0 Å². The van der Waals surface area contributed by atoms with Crippen LogP contribution in [0.3, 0.4) is 0 Å². The summed E-state index contributed by atoms with van der Waals surface area (Å²) in [7, 11) is 0. The van der Waals surface area contributed by atoms with Crippen LogP contribution in [0.1, 0.15) is 18.4 Å². The highest BCUT2D eigenvalue weighted by atomic mass is 32.1. The van der Waals surface area contributed by atoms with Gasteiger partial charge in [0.15, 0.2) is 0 Å². The Hall–Kier alpha value is -1.66. The molecule has 2 aromatic rings. The number of amides is 1. The monoisotopic (exact) mass is 302 g/mol. The van der Waals surface area contributed by atoms with Crippen molar-refractivity contribution in [2.75, 3.05) is 19.6 Å². The molecule has 0 aromatic carbocycles. The molecular weight excluding hydrogens is 284 g/mol. The number of carbonyl (C=O) groups is 1. The first kappa shape index (κ1) is 13.0. The molecule has 0 bridgehead atoms. The van der Waals surface area contributed by atoms with Crippen LogP contribution in [0.15, 0.2) is 23.7 Å². The highest BCUT2D eigenvalue weighted by molar-refractivity contribution is 7.13. The molecule has 110 valence electrons. The fourth-order valence-corrected chi connectivity index (χ4v) is 3.70. The molecule has 1 N–H and O–H groups in total. The molecule has 1 amide bonds. The Bertz CT molecular complexity index is 632. The standard InChI is InChI=1S/C15H18N4OS/c20-14-10-18(5-6-19(14)12-3-4-12)9-11-8-16-17-15(11)13-2-1-7-21-13/h1-2,7-8,12H,3-6,9-10H2,(H,16,17). The number of hydrogen-bond acceptors (Lipinski definition) is 4. The van der Waals surface area contributed by atoms with Crippen LogP contribution in [0.4, 0.5) is 0 Å². The second-order valence-corrected chi connectivity index (χ2v) is 6.72. The van der Waals surface area contributed by atoms with E-state index in [1.54, 1.807) is 11.3 Å². The Kier molecular flexibility index (Phi) is 3.27. The molecular formula is C15H18N4OS. The first-order valence-electron chi connectivity index (χ1n) is 7.39. The zero-order valence-electron chi connectivity index (χ0n) is 11.8. The van der Waals surface area contributed by atoms with E-state index in [0.29, 0.717) is 12.6 Å². The topological polar surface area (TPSA) is 52.2 Å². The van der Waals surface area contributed by atoms with E-state index < -0.39 is 0 Å². The number of H-pyrrole nitrogens is 1. The SMILES string of the molecule is O=C1CN(Cc2cn[nH]c2-c2cccs2)CCN1C1CC1. The van der Waals surface area contributed by atoms with E-state index in [4.69, 9.17) is 0 Å². The number of nitrogens with zero attached hydrogens (tertiary/aromatic N) is 3. The van der Waals surface area contributed by atoms with Crippen molar-refractivity contribution in [1.29, 1.82) is 0 Å². The summed E-state index contributed by atoms with van der Waals surface area (Å²) in [5.41, 5.74) is 2.26. The predicted octanol–water partition coefficient (Wildman–Crippen LogP) is 1.94. The average molecular weight is 302 g/mol. The number of rotatable bonds is 4. The van der Waals surface area contributed by atoms with Crippen molar-refractivity contribution in [3.63, 3.8) is 0 Å². The molecule has 1 aliphatic heterocycles. The summed E-state index contributed by atoms with van der Waals surface area (Å²) in [4.78, 5) is 17.7. The molecule has 21 heavy (non-hydrogen) atoms. The van der Waals surface area contributed by atoms with Crippen LogP contribution in [0, 0.1) is 0 Å². The third-order valence-electron chi connectivity index (χ3n) is 4.20. The Morgan fingerprint density at radius 3 is 3.00 bits per heavy atom. The van der Waals surface area contributed by atoms with Crippen molar-refractivity contribution in [2.24, 2.45) is 0 Å². The summed E-state index contributed by atoms with van der Waals surface area (Å²) in [6.07, 6.45) is 4.26. The Labute approximate surface area is 127 Å². The van der Waals surface area contributed by atoms with Crippen LogP contribution in [0.25, 0.3) is 10.6 Å². The van der Waals surface area contributed by atoms with E-state index >= 15 is 0 Å². The largest absolute Gasteiger partial charge is 0.337 e. The summed E-state index contributed by atoms with van der Waals surface area (Å²) in [6, 6.07) is 4.68. The molecule has 1 saturated carbocycles. The zero-order valence-corrected chi connectivity index (χ0v) is 12.6. The van der Waals surface area contributed by atoms with Gasteiger partial charge in [0, 0.05) is 31.2 Å². The second-order valence-electron chi connectivity index (χ2n) is 5.78. The van der Waals surface area contributed by atoms with Gasteiger partial charge in [-0.3, -0.25) is 14.8 Å². The van der Waals surface area contributed by atoms with Gasteiger partial charge in [-0.1, -0.05) is 6.07 Å². The lowest BCUT2D eigenvalue weighted by atomic mass is 10.2. The fourth-order valence-electron chi connectivity index (χ4n) is 2.95. The highest BCUT2D eigenvalue weighted by Gasteiger charge is 2.35. The van der Waals surface area contributed by atoms with E-state index in [2.05, 4.69) is 31.4 Å². The van der Waals surface area contributed by atoms with Crippen LogP contribution in [-0.4, -0.2) is 51.6 Å². The van der Waals surface area contributed by atoms with Crippen molar-refractivity contribution >= 4 is 17.2 Å².